The molecule has 1 aromatic carbocycles. The summed E-state index contributed by atoms with van der Waals surface area (Å²) in [5, 5.41) is 8.70. The van der Waals surface area contributed by atoms with E-state index in [1.807, 2.05) is 13.8 Å². The van der Waals surface area contributed by atoms with Gasteiger partial charge in [-0.1, -0.05) is 19.1 Å². The summed E-state index contributed by atoms with van der Waals surface area (Å²) >= 11 is 0. The van der Waals surface area contributed by atoms with Gasteiger partial charge in [0, 0.05) is 13.6 Å². The van der Waals surface area contributed by atoms with Crippen LogP contribution in [0.15, 0.2) is 29.3 Å². The monoisotopic (exact) mass is 452 g/mol. The van der Waals surface area contributed by atoms with Crippen LogP contribution in [-0.4, -0.2) is 44.7 Å². The van der Waals surface area contributed by atoms with Crippen molar-refractivity contribution in [3.8, 4) is 5.75 Å². The van der Waals surface area contributed by atoms with Crippen LogP contribution in [0.3, 0.4) is 0 Å². The molecule has 8 heteroatoms. The summed E-state index contributed by atoms with van der Waals surface area (Å²) < 4.78 is 19.0. The number of hydrogen-bond acceptors (Lipinski definition) is 3. The molecule has 1 amide bonds. The van der Waals surface area contributed by atoms with Gasteiger partial charge < -0.3 is 20.7 Å². The van der Waals surface area contributed by atoms with Crippen LogP contribution in [0.25, 0.3) is 0 Å². The van der Waals surface area contributed by atoms with Crippen molar-refractivity contribution in [2.24, 2.45) is 4.99 Å². The van der Waals surface area contributed by atoms with Gasteiger partial charge in [-0.05, 0) is 25.5 Å². The molecular formula is C16H26FIN4O2. The fraction of sp³-hybridized carbons (Fsp3) is 0.500. The second-order valence-electron chi connectivity index (χ2n) is 5.02. The minimum Gasteiger partial charge on any atom is -0.486 e. The SMILES string of the molecule is CCCNC(=O)CNC(=NC)NCC(C)Oc1ccccc1F.I. The van der Waals surface area contributed by atoms with Crippen LogP contribution >= 0.6 is 24.0 Å². The molecule has 0 fully saturated rings. The number of guanidine groups is 1. The van der Waals surface area contributed by atoms with Gasteiger partial charge in [-0.25, -0.2) is 4.39 Å². The Morgan fingerprint density at radius 3 is 2.62 bits per heavy atom. The molecule has 0 aromatic heterocycles. The number of halogens is 2. The highest BCUT2D eigenvalue weighted by Crippen LogP contribution is 2.16. The Hall–Kier alpha value is -1.58. The average Bonchev–Trinajstić information content (AvgIpc) is 2.55. The van der Waals surface area contributed by atoms with Crippen molar-refractivity contribution in [2.45, 2.75) is 26.4 Å². The number of para-hydroxylation sites is 1. The quantitative estimate of drug-likeness (QED) is 0.320. The van der Waals surface area contributed by atoms with Gasteiger partial charge in [0.15, 0.2) is 17.5 Å². The number of carbonyl (C=O) groups excluding carboxylic acids is 1. The normalized spacial score (nSPS) is 11.9. The summed E-state index contributed by atoms with van der Waals surface area (Å²) in [5.74, 6) is 0.212. The van der Waals surface area contributed by atoms with Crippen molar-refractivity contribution in [1.82, 2.24) is 16.0 Å². The van der Waals surface area contributed by atoms with E-state index in [9.17, 15) is 9.18 Å². The van der Waals surface area contributed by atoms with Gasteiger partial charge in [0.1, 0.15) is 6.10 Å². The lowest BCUT2D eigenvalue weighted by Gasteiger charge is -2.18. The van der Waals surface area contributed by atoms with E-state index in [-0.39, 0.29) is 48.3 Å². The van der Waals surface area contributed by atoms with Crippen LogP contribution in [0.5, 0.6) is 5.75 Å². The summed E-state index contributed by atoms with van der Waals surface area (Å²) in [6.45, 7) is 5.03. The first-order valence-electron chi connectivity index (χ1n) is 7.69. The molecule has 0 aliphatic rings. The van der Waals surface area contributed by atoms with Gasteiger partial charge in [-0.3, -0.25) is 9.79 Å². The number of amides is 1. The zero-order valence-electron chi connectivity index (χ0n) is 14.3. The van der Waals surface area contributed by atoms with Gasteiger partial charge in [0.05, 0.1) is 13.1 Å². The maximum atomic E-state index is 13.5. The van der Waals surface area contributed by atoms with Gasteiger partial charge in [-0.2, -0.15) is 0 Å². The van der Waals surface area contributed by atoms with Crippen molar-refractivity contribution < 1.29 is 13.9 Å². The highest BCUT2D eigenvalue weighted by molar-refractivity contribution is 14.0. The van der Waals surface area contributed by atoms with Gasteiger partial charge in [0.25, 0.3) is 0 Å². The number of carbonyl (C=O) groups is 1. The lowest BCUT2D eigenvalue weighted by atomic mass is 10.3. The Morgan fingerprint density at radius 2 is 2.00 bits per heavy atom. The van der Waals surface area contributed by atoms with E-state index >= 15 is 0 Å². The lowest BCUT2D eigenvalue weighted by Crippen LogP contribution is -2.45. The van der Waals surface area contributed by atoms with Gasteiger partial charge >= 0.3 is 0 Å². The standard InChI is InChI=1S/C16H25FN4O2.HI/c1-4-9-19-15(22)11-21-16(18-3)20-10-12(2)23-14-8-6-5-7-13(14)17;/h5-8,12H,4,9-11H2,1-3H3,(H,19,22)(H2,18,20,21);1H. The summed E-state index contributed by atoms with van der Waals surface area (Å²) in [4.78, 5) is 15.5. The molecule has 0 bridgehead atoms. The predicted molar refractivity (Wildman–Crippen MR) is 105 cm³/mol. The van der Waals surface area contributed by atoms with Crippen LogP contribution in [0, 0.1) is 5.82 Å². The highest BCUT2D eigenvalue weighted by Gasteiger charge is 2.09. The Balaban J connectivity index is 0.00000529. The van der Waals surface area contributed by atoms with E-state index in [0.29, 0.717) is 19.0 Å². The summed E-state index contributed by atoms with van der Waals surface area (Å²) in [5.41, 5.74) is 0. The molecular weight excluding hydrogens is 426 g/mol. The molecule has 0 aliphatic heterocycles. The zero-order valence-corrected chi connectivity index (χ0v) is 16.6. The molecule has 1 unspecified atom stereocenters. The molecule has 1 atom stereocenters. The number of nitrogens with one attached hydrogen (secondary N) is 3. The first kappa shape index (κ1) is 22.4. The largest absolute Gasteiger partial charge is 0.486 e. The van der Waals surface area contributed by atoms with Crippen LogP contribution in [-0.2, 0) is 4.79 Å². The maximum Gasteiger partial charge on any atom is 0.239 e. The van der Waals surface area contributed by atoms with Crippen molar-refractivity contribution in [3.05, 3.63) is 30.1 Å². The second-order valence-corrected chi connectivity index (χ2v) is 5.02. The molecule has 3 N–H and O–H groups in total. The summed E-state index contributed by atoms with van der Waals surface area (Å²) in [7, 11) is 1.61. The second kappa shape index (κ2) is 12.8. The summed E-state index contributed by atoms with van der Waals surface area (Å²) in [6.07, 6.45) is 0.628. The number of nitrogens with zero attached hydrogens (tertiary/aromatic N) is 1. The third-order valence-corrected chi connectivity index (χ3v) is 2.93. The Morgan fingerprint density at radius 1 is 1.29 bits per heavy atom. The van der Waals surface area contributed by atoms with Crippen LogP contribution in [0.4, 0.5) is 4.39 Å². The van der Waals surface area contributed by atoms with Crippen molar-refractivity contribution in [1.29, 1.82) is 0 Å². The molecule has 0 saturated carbocycles. The topological polar surface area (TPSA) is 74.8 Å². The van der Waals surface area contributed by atoms with E-state index in [0.717, 1.165) is 6.42 Å². The minimum atomic E-state index is -0.394. The van der Waals surface area contributed by atoms with Crippen LogP contribution in [0.1, 0.15) is 20.3 Å². The molecule has 0 aliphatic carbocycles. The predicted octanol–water partition coefficient (Wildman–Crippen LogP) is 1.90. The van der Waals surface area contributed by atoms with E-state index < -0.39 is 5.82 Å². The smallest absolute Gasteiger partial charge is 0.239 e. The summed E-state index contributed by atoms with van der Waals surface area (Å²) in [6, 6.07) is 6.26. The third kappa shape index (κ3) is 8.90. The maximum absolute atomic E-state index is 13.5. The average molecular weight is 452 g/mol. The molecule has 6 nitrogen and oxygen atoms in total. The first-order valence-corrected chi connectivity index (χ1v) is 7.69. The lowest BCUT2D eigenvalue weighted by molar-refractivity contribution is -0.120. The zero-order chi connectivity index (χ0) is 17.1. The van der Waals surface area contributed by atoms with E-state index in [1.54, 1.807) is 25.2 Å². The van der Waals surface area contributed by atoms with Crippen LogP contribution in [0.2, 0.25) is 0 Å². The number of benzene rings is 1. The molecule has 136 valence electrons. The van der Waals surface area contributed by atoms with E-state index in [2.05, 4.69) is 20.9 Å². The third-order valence-electron chi connectivity index (χ3n) is 2.93. The molecule has 0 saturated heterocycles. The number of hydrogen-bond donors (Lipinski definition) is 3. The first-order chi connectivity index (χ1) is 11.1. The molecule has 1 aromatic rings. The molecule has 0 heterocycles. The fourth-order valence-corrected chi connectivity index (χ4v) is 1.75. The van der Waals surface area contributed by atoms with E-state index in [4.69, 9.17) is 4.74 Å². The Bertz CT molecular complexity index is 529. The van der Waals surface area contributed by atoms with E-state index in [1.165, 1.54) is 6.07 Å². The Labute approximate surface area is 159 Å². The highest BCUT2D eigenvalue weighted by atomic mass is 127. The Kier molecular flexibility index (Phi) is 12.0. The van der Waals surface area contributed by atoms with Crippen molar-refractivity contribution in [3.63, 3.8) is 0 Å². The molecule has 0 radical (unpaired) electrons. The number of aliphatic imine (C=N–C) groups is 1. The van der Waals surface area contributed by atoms with Gasteiger partial charge in [0.2, 0.25) is 5.91 Å². The molecule has 0 spiro atoms. The molecule has 1 rings (SSSR count). The van der Waals surface area contributed by atoms with Crippen molar-refractivity contribution >= 4 is 35.8 Å². The fourth-order valence-electron chi connectivity index (χ4n) is 1.75. The van der Waals surface area contributed by atoms with Crippen LogP contribution < -0.4 is 20.7 Å². The van der Waals surface area contributed by atoms with Crippen molar-refractivity contribution in [2.75, 3.05) is 26.7 Å². The number of ether oxygens (including phenoxy) is 1. The minimum absolute atomic E-state index is 0. The molecule has 24 heavy (non-hydrogen) atoms. The number of rotatable bonds is 8. The van der Waals surface area contributed by atoms with Gasteiger partial charge in [-0.15, -0.1) is 24.0 Å².